The van der Waals surface area contributed by atoms with Crippen molar-refractivity contribution in [1.82, 2.24) is 0 Å². The highest BCUT2D eigenvalue weighted by Crippen LogP contribution is 2.51. The lowest BCUT2D eigenvalue weighted by Crippen LogP contribution is -2.11. The average Bonchev–Trinajstić information content (AvgIpc) is 3.64. The highest BCUT2D eigenvalue weighted by atomic mass is 32.1. The van der Waals surface area contributed by atoms with Gasteiger partial charge in [0.25, 0.3) is 0 Å². The van der Waals surface area contributed by atoms with E-state index in [1.807, 2.05) is 11.3 Å². The van der Waals surface area contributed by atoms with Crippen molar-refractivity contribution in [2.24, 2.45) is 0 Å². The van der Waals surface area contributed by atoms with Gasteiger partial charge in [0, 0.05) is 36.8 Å². The monoisotopic (exact) mass is 703 g/mol. The molecule has 2 heteroatoms. The molecule has 0 saturated heterocycles. The van der Waals surface area contributed by atoms with Crippen LogP contribution in [0.15, 0.2) is 200 Å². The van der Waals surface area contributed by atoms with Gasteiger partial charge in [0.1, 0.15) is 0 Å². The second-order valence-corrected chi connectivity index (χ2v) is 15.1. The van der Waals surface area contributed by atoms with E-state index in [9.17, 15) is 0 Å². The van der Waals surface area contributed by atoms with E-state index >= 15 is 0 Å². The predicted octanol–water partition coefficient (Wildman–Crippen LogP) is 15.5. The Morgan fingerprint density at radius 1 is 0.333 bits per heavy atom. The van der Waals surface area contributed by atoms with Gasteiger partial charge >= 0.3 is 0 Å². The van der Waals surface area contributed by atoms with Crippen LogP contribution in [0.2, 0.25) is 0 Å². The first-order chi connectivity index (χ1) is 26.8. The van der Waals surface area contributed by atoms with Gasteiger partial charge in [0.15, 0.2) is 0 Å². The van der Waals surface area contributed by atoms with Gasteiger partial charge in [-0.15, -0.1) is 11.3 Å². The number of benzene rings is 10. The van der Waals surface area contributed by atoms with Gasteiger partial charge in [-0.25, -0.2) is 0 Å². The van der Waals surface area contributed by atoms with Crippen molar-refractivity contribution in [1.29, 1.82) is 0 Å². The molecule has 1 heterocycles. The summed E-state index contributed by atoms with van der Waals surface area (Å²) in [5, 5.41) is 12.5. The van der Waals surface area contributed by atoms with E-state index in [1.54, 1.807) is 0 Å². The fourth-order valence-corrected chi connectivity index (χ4v) is 9.82. The van der Waals surface area contributed by atoms with Crippen LogP contribution in [0.25, 0.3) is 85.5 Å². The second kappa shape index (κ2) is 12.4. The molecule has 11 aromatic rings. The molecule has 0 atom stereocenters. The lowest BCUT2D eigenvalue weighted by atomic mass is 9.94. The number of nitrogens with zero attached hydrogens (tertiary/aromatic N) is 1. The van der Waals surface area contributed by atoms with Crippen molar-refractivity contribution in [2.75, 3.05) is 4.90 Å². The van der Waals surface area contributed by atoms with Crippen LogP contribution >= 0.6 is 11.3 Å². The van der Waals surface area contributed by atoms with E-state index in [1.165, 1.54) is 91.2 Å². The van der Waals surface area contributed by atoms with Gasteiger partial charge in [0.2, 0.25) is 0 Å². The van der Waals surface area contributed by atoms with E-state index in [4.69, 9.17) is 0 Å². The molecule has 0 aliphatic rings. The lowest BCUT2D eigenvalue weighted by molar-refractivity contribution is 1.32. The van der Waals surface area contributed by atoms with Crippen molar-refractivity contribution in [3.63, 3.8) is 0 Å². The molecule has 0 spiro atoms. The maximum absolute atomic E-state index is 2.51. The Morgan fingerprint density at radius 2 is 0.944 bits per heavy atom. The Kier molecular flexibility index (Phi) is 7.11. The average molecular weight is 704 g/mol. The Bertz CT molecular complexity index is 3220. The summed E-state index contributed by atoms with van der Waals surface area (Å²) in [7, 11) is 0. The first-order valence-electron chi connectivity index (χ1n) is 18.5. The van der Waals surface area contributed by atoms with E-state index in [2.05, 4.69) is 205 Å². The standard InChI is InChI=1S/C52H33NS/c1-2-13-34(14-3-1)41-29-31-48(45-21-9-8-20-43(41)45)53(38-27-28-42-37(33-38)26-25-36-16-5-6-18-39(36)42)49-32-30-46(44-23-12-17-35-15-4-7-19-40(35)44)52-51(49)47-22-10-11-24-50(47)54-52/h1-33H. The summed E-state index contributed by atoms with van der Waals surface area (Å²) < 4.78 is 2.59. The molecule has 0 N–H and O–H groups in total. The van der Waals surface area contributed by atoms with Gasteiger partial charge in [-0.1, -0.05) is 170 Å². The largest absolute Gasteiger partial charge is 0.309 e. The minimum Gasteiger partial charge on any atom is -0.309 e. The van der Waals surface area contributed by atoms with Crippen LogP contribution in [0.5, 0.6) is 0 Å². The van der Waals surface area contributed by atoms with Gasteiger partial charge < -0.3 is 4.90 Å². The zero-order chi connectivity index (χ0) is 35.6. The highest BCUT2D eigenvalue weighted by Gasteiger charge is 2.24. The molecular formula is C52H33NS. The molecule has 0 radical (unpaired) electrons. The molecule has 1 aromatic heterocycles. The molecule has 0 fully saturated rings. The van der Waals surface area contributed by atoms with Crippen LogP contribution in [0.3, 0.4) is 0 Å². The van der Waals surface area contributed by atoms with E-state index in [0.29, 0.717) is 0 Å². The number of anilines is 3. The molecule has 10 aromatic carbocycles. The number of fused-ring (bicyclic) bond motifs is 8. The summed E-state index contributed by atoms with van der Waals surface area (Å²) >= 11 is 1.89. The van der Waals surface area contributed by atoms with Gasteiger partial charge in [-0.3, -0.25) is 0 Å². The minimum atomic E-state index is 1.13. The third-order valence-corrected chi connectivity index (χ3v) is 12.2. The molecule has 11 rings (SSSR count). The summed E-state index contributed by atoms with van der Waals surface area (Å²) in [6.45, 7) is 0. The summed E-state index contributed by atoms with van der Waals surface area (Å²) in [6, 6.07) is 73.5. The van der Waals surface area contributed by atoms with Crippen molar-refractivity contribution in [3.05, 3.63) is 200 Å². The third kappa shape index (κ3) is 4.85. The fourth-order valence-electron chi connectivity index (χ4n) is 8.56. The molecule has 54 heavy (non-hydrogen) atoms. The summed E-state index contributed by atoms with van der Waals surface area (Å²) in [4.78, 5) is 2.51. The molecule has 0 amide bonds. The molecule has 0 saturated carbocycles. The van der Waals surface area contributed by atoms with Crippen LogP contribution in [0, 0.1) is 0 Å². The smallest absolute Gasteiger partial charge is 0.0555 e. The molecule has 0 unspecified atom stereocenters. The summed E-state index contributed by atoms with van der Waals surface area (Å²) in [6.07, 6.45) is 0. The number of thiophene rings is 1. The molecule has 252 valence electrons. The summed E-state index contributed by atoms with van der Waals surface area (Å²) in [5.74, 6) is 0. The maximum atomic E-state index is 2.51. The number of hydrogen-bond acceptors (Lipinski definition) is 2. The van der Waals surface area contributed by atoms with Crippen molar-refractivity contribution in [2.45, 2.75) is 0 Å². The van der Waals surface area contributed by atoms with Crippen LogP contribution in [0.4, 0.5) is 17.1 Å². The lowest BCUT2D eigenvalue weighted by Gasteiger charge is -2.29. The Balaban J connectivity index is 1.23. The quantitative estimate of drug-likeness (QED) is 0.161. The zero-order valence-electron chi connectivity index (χ0n) is 29.4. The van der Waals surface area contributed by atoms with Crippen LogP contribution in [-0.2, 0) is 0 Å². The Hall–Kier alpha value is -6.74. The molecule has 0 aliphatic heterocycles. The van der Waals surface area contributed by atoms with Crippen molar-refractivity contribution >= 4 is 91.7 Å². The van der Waals surface area contributed by atoms with Gasteiger partial charge in [-0.05, 0) is 84.7 Å². The normalized spacial score (nSPS) is 11.7. The van der Waals surface area contributed by atoms with E-state index < -0.39 is 0 Å². The first kappa shape index (κ1) is 30.8. The highest BCUT2D eigenvalue weighted by molar-refractivity contribution is 7.26. The Morgan fingerprint density at radius 3 is 1.80 bits per heavy atom. The van der Waals surface area contributed by atoms with Crippen LogP contribution in [-0.4, -0.2) is 0 Å². The fraction of sp³-hybridized carbons (Fsp3) is 0. The number of hydrogen-bond donors (Lipinski definition) is 0. The second-order valence-electron chi connectivity index (χ2n) is 14.0. The van der Waals surface area contributed by atoms with Crippen molar-refractivity contribution in [3.8, 4) is 22.3 Å². The molecule has 0 bridgehead atoms. The van der Waals surface area contributed by atoms with E-state index in [0.717, 1.165) is 11.4 Å². The third-order valence-electron chi connectivity index (χ3n) is 11.0. The van der Waals surface area contributed by atoms with Gasteiger partial charge in [0.05, 0.1) is 11.4 Å². The zero-order valence-corrected chi connectivity index (χ0v) is 30.2. The Labute approximate surface area is 317 Å². The molecule has 1 nitrogen and oxygen atoms in total. The maximum Gasteiger partial charge on any atom is 0.0555 e. The SMILES string of the molecule is c1ccc(-c2ccc(N(c3ccc4c(ccc5ccccc54)c3)c3ccc(-c4cccc5ccccc45)c4sc5ccccc5c34)c3ccccc23)cc1. The topological polar surface area (TPSA) is 3.24 Å². The van der Waals surface area contributed by atoms with Crippen molar-refractivity contribution < 1.29 is 0 Å². The minimum absolute atomic E-state index is 1.13. The molecular weight excluding hydrogens is 671 g/mol. The van der Waals surface area contributed by atoms with Gasteiger partial charge in [-0.2, -0.15) is 0 Å². The predicted molar refractivity (Wildman–Crippen MR) is 235 cm³/mol. The van der Waals surface area contributed by atoms with Crippen LogP contribution < -0.4 is 4.90 Å². The first-order valence-corrected chi connectivity index (χ1v) is 19.3. The number of rotatable bonds is 5. The van der Waals surface area contributed by atoms with E-state index in [-0.39, 0.29) is 0 Å². The molecule has 0 aliphatic carbocycles. The van der Waals surface area contributed by atoms with Crippen LogP contribution in [0.1, 0.15) is 0 Å². The summed E-state index contributed by atoms with van der Waals surface area (Å²) in [5.41, 5.74) is 8.43.